The van der Waals surface area contributed by atoms with E-state index in [-0.39, 0.29) is 16.2 Å². The van der Waals surface area contributed by atoms with Gasteiger partial charge in [0.2, 0.25) is 0 Å². The quantitative estimate of drug-likeness (QED) is 0.294. The van der Waals surface area contributed by atoms with Gasteiger partial charge in [-0.2, -0.15) is 0 Å². The van der Waals surface area contributed by atoms with Crippen LogP contribution in [0.2, 0.25) is 0 Å². The number of carbonyl (C=O) groups is 2. The number of fused-ring (bicyclic) bond motifs is 1. The topological polar surface area (TPSA) is 69.6 Å². The van der Waals surface area contributed by atoms with Gasteiger partial charge in [0.05, 0.1) is 5.57 Å². The number of benzene rings is 3. The molecular weight excluding hydrogens is 383 g/mol. The molecule has 6 heteroatoms. The van der Waals surface area contributed by atoms with E-state index in [1.54, 1.807) is 48.5 Å². The van der Waals surface area contributed by atoms with Crippen LogP contribution in [0.4, 0.5) is 10.1 Å². The first-order valence-corrected chi connectivity index (χ1v) is 9.50. The number of hydrogen-bond donors (Lipinski definition) is 2. The standard InChI is InChI=1S/C24H19FN2O3/c25-20-9-6-16(7-10-20)14-21(17-4-2-1-3-5-17)24(29)27(30)23(28)19-8-11-22-18(15-19)12-13-26-22/h1-11,14-15,26,30H,12-13H2. The zero-order valence-electron chi connectivity index (χ0n) is 16.0. The molecule has 1 heterocycles. The molecule has 150 valence electrons. The van der Waals surface area contributed by atoms with Crippen molar-refractivity contribution in [3.63, 3.8) is 0 Å². The van der Waals surface area contributed by atoms with Crippen LogP contribution < -0.4 is 5.32 Å². The van der Waals surface area contributed by atoms with Crippen LogP contribution in [0.1, 0.15) is 27.0 Å². The maximum absolute atomic E-state index is 13.2. The minimum Gasteiger partial charge on any atom is -0.384 e. The number of halogens is 1. The van der Waals surface area contributed by atoms with E-state index in [2.05, 4.69) is 5.32 Å². The third-order valence-electron chi connectivity index (χ3n) is 4.94. The highest BCUT2D eigenvalue weighted by atomic mass is 19.1. The number of amides is 2. The predicted octanol–water partition coefficient (Wildman–Crippen LogP) is 4.39. The van der Waals surface area contributed by atoms with Gasteiger partial charge in [0.1, 0.15) is 5.82 Å². The molecule has 3 aromatic carbocycles. The summed E-state index contributed by atoms with van der Waals surface area (Å²) in [6.45, 7) is 0.785. The monoisotopic (exact) mass is 402 g/mol. The molecule has 4 rings (SSSR count). The largest absolute Gasteiger partial charge is 0.384 e. The van der Waals surface area contributed by atoms with Crippen LogP contribution in [-0.2, 0) is 11.2 Å². The predicted molar refractivity (Wildman–Crippen MR) is 112 cm³/mol. The van der Waals surface area contributed by atoms with E-state index in [9.17, 15) is 19.2 Å². The second-order valence-corrected chi connectivity index (χ2v) is 6.95. The van der Waals surface area contributed by atoms with Gasteiger partial charge in [-0.25, -0.2) is 4.39 Å². The Balaban J connectivity index is 1.67. The molecule has 0 bridgehead atoms. The van der Waals surface area contributed by atoms with Crippen molar-refractivity contribution in [2.24, 2.45) is 0 Å². The second-order valence-electron chi connectivity index (χ2n) is 6.95. The van der Waals surface area contributed by atoms with E-state index in [0.29, 0.717) is 11.1 Å². The summed E-state index contributed by atoms with van der Waals surface area (Å²) in [7, 11) is 0. The zero-order chi connectivity index (χ0) is 21.1. The molecule has 5 nitrogen and oxygen atoms in total. The molecule has 0 radical (unpaired) electrons. The van der Waals surface area contributed by atoms with Gasteiger partial charge in [0.15, 0.2) is 0 Å². The molecule has 0 aromatic heterocycles. The van der Waals surface area contributed by atoms with Crippen LogP contribution >= 0.6 is 0 Å². The van der Waals surface area contributed by atoms with Crippen molar-refractivity contribution >= 4 is 29.2 Å². The van der Waals surface area contributed by atoms with Gasteiger partial charge in [-0.15, -0.1) is 5.06 Å². The number of hydrogen-bond acceptors (Lipinski definition) is 4. The van der Waals surface area contributed by atoms with Crippen molar-refractivity contribution < 1.29 is 19.2 Å². The van der Waals surface area contributed by atoms with Crippen LogP contribution in [0.25, 0.3) is 11.6 Å². The molecule has 3 aromatic rings. The molecule has 0 fully saturated rings. The maximum Gasteiger partial charge on any atom is 0.285 e. The fourth-order valence-corrected chi connectivity index (χ4v) is 3.38. The van der Waals surface area contributed by atoms with Gasteiger partial charge in [0, 0.05) is 17.8 Å². The lowest BCUT2D eigenvalue weighted by molar-refractivity contribution is -0.146. The van der Waals surface area contributed by atoms with Crippen LogP contribution in [0.3, 0.4) is 0 Å². The number of rotatable bonds is 4. The Labute approximate surface area is 173 Å². The Kier molecular flexibility index (Phi) is 5.41. The molecule has 0 aliphatic carbocycles. The molecule has 0 saturated heterocycles. The van der Waals surface area contributed by atoms with Crippen LogP contribution in [0.5, 0.6) is 0 Å². The molecule has 0 atom stereocenters. The molecule has 2 amide bonds. The van der Waals surface area contributed by atoms with Crippen LogP contribution in [0, 0.1) is 5.82 Å². The van der Waals surface area contributed by atoms with Gasteiger partial charge >= 0.3 is 0 Å². The van der Waals surface area contributed by atoms with E-state index in [1.807, 2.05) is 0 Å². The lowest BCUT2D eigenvalue weighted by Crippen LogP contribution is -2.34. The van der Waals surface area contributed by atoms with Crippen molar-refractivity contribution in [2.45, 2.75) is 6.42 Å². The molecule has 0 spiro atoms. The average molecular weight is 402 g/mol. The maximum atomic E-state index is 13.2. The number of carbonyl (C=O) groups excluding carboxylic acids is 2. The number of nitrogens with zero attached hydrogens (tertiary/aromatic N) is 1. The Hall–Kier alpha value is -3.77. The fourth-order valence-electron chi connectivity index (χ4n) is 3.38. The van der Waals surface area contributed by atoms with Crippen molar-refractivity contribution in [1.29, 1.82) is 0 Å². The summed E-state index contributed by atoms with van der Waals surface area (Å²) >= 11 is 0. The highest BCUT2D eigenvalue weighted by molar-refractivity contribution is 6.28. The van der Waals surface area contributed by atoms with E-state index < -0.39 is 17.6 Å². The Bertz CT molecular complexity index is 1120. The Morgan fingerprint density at radius 3 is 2.43 bits per heavy atom. The van der Waals surface area contributed by atoms with E-state index in [4.69, 9.17) is 0 Å². The molecule has 0 saturated carbocycles. The van der Waals surface area contributed by atoms with E-state index in [0.717, 1.165) is 24.2 Å². The minimum atomic E-state index is -0.867. The summed E-state index contributed by atoms with van der Waals surface area (Å²) in [5.74, 6) is -2.07. The lowest BCUT2D eigenvalue weighted by Gasteiger charge is -2.16. The summed E-state index contributed by atoms with van der Waals surface area (Å²) in [4.78, 5) is 25.8. The van der Waals surface area contributed by atoms with E-state index in [1.165, 1.54) is 30.3 Å². The summed E-state index contributed by atoms with van der Waals surface area (Å²) in [6, 6.07) is 19.3. The summed E-state index contributed by atoms with van der Waals surface area (Å²) < 4.78 is 13.2. The average Bonchev–Trinajstić information content (AvgIpc) is 3.26. The lowest BCUT2D eigenvalue weighted by atomic mass is 10.0. The summed E-state index contributed by atoms with van der Waals surface area (Å²) in [6.07, 6.45) is 2.29. The first kappa shape index (κ1) is 19.5. The van der Waals surface area contributed by atoms with Crippen molar-refractivity contribution in [1.82, 2.24) is 5.06 Å². The first-order valence-electron chi connectivity index (χ1n) is 9.50. The Morgan fingerprint density at radius 2 is 1.70 bits per heavy atom. The third kappa shape index (κ3) is 3.99. The van der Waals surface area contributed by atoms with Gasteiger partial charge < -0.3 is 5.32 Å². The molecular formula is C24H19FN2O3. The molecule has 30 heavy (non-hydrogen) atoms. The minimum absolute atomic E-state index is 0.112. The molecule has 0 unspecified atom stereocenters. The van der Waals surface area contributed by atoms with E-state index >= 15 is 0 Å². The summed E-state index contributed by atoms with van der Waals surface area (Å²) in [5, 5.41) is 13.8. The van der Waals surface area contributed by atoms with Crippen molar-refractivity contribution in [3.05, 3.63) is 101 Å². The Morgan fingerprint density at radius 1 is 0.967 bits per heavy atom. The fraction of sp³-hybridized carbons (Fsp3) is 0.0833. The highest BCUT2D eigenvalue weighted by Crippen LogP contribution is 2.25. The number of hydroxylamine groups is 2. The second kappa shape index (κ2) is 8.31. The van der Waals surface area contributed by atoms with Crippen molar-refractivity contribution in [3.8, 4) is 0 Å². The van der Waals surface area contributed by atoms with Gasteiger partial charge in [-0.05, 0) is 59.5 Å². The molecule has 2 N–H and O–H groups in total. The first-order chi connectivity index (χ1) is 14.5. The van der Waals surface area contributed by atoms with Crippen molar-refractivity contribution in [2.75, 3.05) is 11.9 Å². The van der Waals surface area contributed by atoms with Crippen LogP contribution in [0.15, 0.2) is 72.8 Å². The molecule has 1 aliphatic heterocycles. The zero-order valence-corrected chi connectivity index (χ0v) is 16.0. The van der Waals surface area contributed by atoms with Gasteiger partial charge in [-0.3, -0.25) is 14.8 Å². The normalized spacial score (nSPS) is 12.8. The third-order valence-corrected chi connectivity index (χ3v) is 4.94. The number of nitrogens with one attached hydrogen (secondary N) is 1. The molecule has 1 aliphatic rings. The van der Waals surface area contributed by atoms with Gasteiger partial charge in [-0.1, -0.05) is 42.5 Å². The van der Waals surface area contributed by atoms with Gasteiger partial charge in [0.25, 0.3) is 11.8 Å². The highest BCUT2D eigenvalue weighted by Gasteiger charge is 2.26. The summed E-state index contributed by atoms with van der Waals surface area (Å²) in [5.41, 5.74) is 3.34. The number of imide groups is 1. The SMILES string of the molecule is O=C(C(=Cc1ccc(F)cc1)c1ccccc1)N(O)C(=O)c1ccc2c(c1)CCN2. The van der Waals surface area contributed by atoms with Crippen LogP contribution in [-0.4, -0.2) is 28.6 Å². The smallest absolute Gasteiger partial charge is 0.285 e. The number of anilines is 1.